The number of carbonyl (C=O) groups excluding carboxylic acids is 1. The van der Waals surface area contributed by atoms with E-state index in [4.69, 9.17) is 9.47 Å². The minimum Gasteiger partial charge on any atom is -0.504 e. The summed E-state index contributed by atoms with van der Waals surface area (Å²) in [5.74, 6) is 0.000374. The number of benzene rings is 1. The second kappa shape index (κ2) is 5.48. The second-order valence-electron chi connectivity index (χ2n) is 4.82. The predicted molar refractivity (Wildman–Crippen MR) is 70.6 cm³/mol. The van der Waals surface area contributed by atoms with Crippen molar-refractivity contribution in [3.63, 3.8) is 0 Å². The van der Waals surface area contributed by atoms with Crippen LogP contribution in [0.3, 0.4) is 0 Å². The topological polar surface area (TPSA) is 59.0 Å². The summed E-state index contributed by atoms with van der Waals surface area (Å²) in [5, 5.41) is 10.0. The van der Waals surface area contributed by atoms with Gasteiger partial charge in [0.25, 0.3) is 5.91 Å². The van der Waals surface area contributed by atoms with Crippen molar-refractivity contribution in [3.8, 4) is 11.5 Å². The molecule has 104 valence electrons. The lowest BCUT2D eigenvalue weighted by atomic mass is 10.1. The Hall–Kier alpha value is -1.75. The molecule has 0 aliphatic carbocycles. The van der Waals surface area contributed by atoms with E-state index in [0.717, 1.165) is 0 Å². The molecule has 1 saturated heterocycles. The van der Waals surface area contributed by atoms with Crippen molar-refractivity contribution in [3.05, 3.63) is 23.8 Å². The third-order valence-corrected chi connectivity index (χ3v) is 3.16. The van der Waals surface area contributed by atoms with Gasteiger partial charge in [0.1, 0.15) is 0 Å². The van der Waals surface area contributed by atoms with Crippen LogP contribution in [-0.4, -0.2) is 48.3 Å². The van der Waals surface area contributed by atoms with Gasteiger partial charge in [-0.3, -0.25) is 4.79 Å². The molecule has 1 heterocycles. The fraction of sp³-hybridized carbons (Fsp3) is 0.500. The fourth-order valence-corrected chi connectivity index (χ4v) is 2.37. The summed E-state index contributed by atoms with van der Waals surface area (Å²) in [7, 11) is 1.46. The molecule has 5 heteroatoms. The third-order valence-electron chi connectivity index (χ3n) is 3.16. The Morgan fingerprint density at radius 1 is 1.37 bits per heavy atom. The SMILES string of the molecule is COc1cccc(C(=O)N2CC(C)OC(C)C2)c1O. The van der Waals surface area contributed by atoms with E-state index in [1.165, 1.54) is 7.11 Å². The summed E-state index contributed by atoms with van der Waals surface area (Å²) in [4.78, 5) is 14.1. The first kappa shape index (κ1) is 13.7. The van der Waals surface area contributed by atoms with Crippen molar-refractivity contribution < 1.29 is 19.4 Å². The fourth-order valence-electron chi connectivity index (χ4n) is 2.37. The molecule has 1 aliphatic heterocycles. The van der Waals surface area contributed by atoms with Gasteiger partial charge in [0, 0.05) is 13.1 Å². The largest absolute Gasteiger partial charge is 0.504 e. The molecule has 2 unspecified atom stereocenters. The minimum absolute atomic E-state index is 0.000417. The third kappa shape index (κ3) is 2.81. The molecule has 0 saturated carbocycles. The number of hydrogen-bond acceptors (Lipinski definition) is 4. The van der Waals surface area contributed by atoms with E-state index in [9.17, 15) is 9.90 Å². The van der Waals surface area contributed by atoms with E-state index in [2.05, 4.69) is 0 Å². The number of aromatic hydroxyl groups is 1. The lowest BCUT2D eigenvalue weighted by Crippen LogP contribution is -2.48. The monoisotopic (exact) mass is 265 g/mol. The zero-order valence-electron chi connectivity index (χ0n) is 11.4. The zero-order chi connectivity index (χ0) is 14.0. The Labute approximate surface area is 112 Å². The number of morpholine rings is 1. The summed E-state index contributed by atoms with van der Waals surface area (Å²) in [6.45, 7) is 4.92. The molecule has 2 atom stereocenters. The molecule has 1 aromatic rings. The first-order valence-corrected chi connectivity index (χ1v) is 6.33. The van der Waals surface area contributed by atoms with Crippen LogP contribution in [0.15, 0.2) is 18.2 Å². The number of para-hydroxylation sites is 1. The smallest absolute Gasteiger partial charge is 0.257 e. The summed E-state index contributed by atoms with van der Waals surface area (Å²) >= 11 is 0. The first-order valence-electron chi connectivity index (χ1n) is 6.33. The van der Waals surface area contributed by atoms with Crippen molar-refractivity contribution >= 4 is 5.91 Å². The Kier molecular flexibility index (Phi) is 3.95. The van der Waals surface area contributed by atoms with Crippen LogP contribution in [0.25, 0.3) is 0 Å². The molecule has 2 rings (SSSR count). The number of methoxy groups -OCH3 is 1. The number of ether oxygens (including phenoxy) is 2. The second-order valence-corrected chi connectivity index (χ2v) is 4.82. The van der Waals surface area contributed by atoms with Crippen LogP contribution >= 0.6 is 0 Å². The van der Waals surface area contributed by atoms with Crippen molar-refractivity contribution in [2.75, 3.05) is 20.2 Å². The number of phenolic OH excluding ortho intramolecular Hbond substituents is 1. The molecule has 1 N–H and O–H groups in total. The Balaban J connectivity index is 2.24. The van der Waals surface area contributed by atoms with Gasteiger partial charge < -0.3 is 19.5 Å². The maximum absolute atomic E-state index is 12.4. The molecule has 1 aliphatic rings. The average molecular weight is 265 g/mol. The lowest BCUT2D eigenvalue weighted by Gasteiger charge is -2.35. The van der Waals surface area contributed by atoms with Crippen molar-refractivity contribution in [2.45, 2.75) is 26.1 Å². The molecule has 0 spiro atoms. The standard InChI is InChI=1S/C14H19NO4/c1-9-7-15(8-10(2)19-9)14(17)11-5-4-6-12(18-3)13(11)16/h4-6,9-10,16H,7-8H2,1-3H3. The van der Waals surface area contributed by atoms with E-state index >= 15 is 0 Å². The highest BCUT2D eigenvalue weighted by atomic mass is 16.5. The van der Waals surface area contributed by atoms with Crippen LogP contribution in [0.5, 0.6) is 11.5 Å². The van der Waals surface area contributed by atoms with Crippen molar-refractivity contribution in [1.82, 2.24) is 4.90 Å². The van der Waals surface area contributed by atoms with Gasteiger partial charge in [-0.2, -0.15) is 0 Å². The number of nitrogens with zero attached hydrogens (tertiary/aromatic N) is 1. The minimum atomic E-state index is -0.196. The zero-order valence-corrected chi connectivity index (χ0v) is 11.4. The molecule has 1 fully saturated rings. The highest BCUT2D eigenvalue weighted by Gasteiger charge is 2.28. The molecule has 0 radical (unpaired) electrons. The van der Waals surface area contributed by atoms with Gasteiger partial charge in [-0.1, -0.05) is 6.07 Å². The molecular weight excluding hydrogens is 246 g/mol. The van der Waals surface area contributed by atoms with Crippen molar-refractivity contribution in [2.24, 2.45) is 0 Å². The van der Waals surface area contributed by atoms with E-state index in [1.54, 1.807) is 23.1 Å². The summed E-state index contributed by atoms with van der Waals surface area (Å²) < 4.78 is 10.6. The Morgan fingerprint density at radius 3 is 2.58 bits per heavy atom. The lowest BCUT2D eigenvalue weighted by molar-refractivity contribution is -0.0586. The molecule has 5 nitrogen and oxygen atoms in total. The van der Waals surface area contributed by atoms with Gasteiger partial charge in [-0.25, -0.2) is 0 Å². The average Bonchev–Trinajstić information content (AvgIpc) is 2.37. The van der Waals surface area contributed by atoms with Crippen LogP contribution in [0.2, 0.25) is 0 Å². The molecule has 0 bridgehead atoms. The highest BCUT2D eigenvalue weighted by Crippen LogP contribution is 2.30. The van der Waals surface area contributed by atoms with Gasteiger partial charge in [0.15, 0.2) is 11.5 Å². The summed E-state index contributed by atoms with van der Waals surface area (Å²) in [6.07, 6.45) is 0.000835. The number of rotatable bonds is 2. The summed E-state index contributed by atoms with van der Waals surface area (Å²) in [5.41, 5.74) is 0.264. The number of amides is 1. The molecule has 19 heavy (non-hydrogen) atoms. The van der Waals surface area contributed by atoms with Crippen LogP contribution < -0.4 is 4.74 Å². The number of hydrogen-bond donors (Lipinski definition) is 1. The molecular formula is C14H19NO4. The number of carbonyl (C=O) groups is 1. The van der Waals surface area contributed by atoms with Gasteiger partial charge >= 0.3 is 0 Å². The van der Waals surface area contributed by atoms with Gasteiger partial charge in [0.2, 0.25) is 0 Å². The van der Waals surface area contributed by atoms with E-state index < -0.39 is 0 Å². The molecule has 0 aromatic heterocycles. The Morgan fingerprint density at radius 2 is 2.00 bits per heavy atom. The van der Waals surface area contributed by atoms with Gasteiger partial charge in [-0.15, -0.1) is 0 Å². The quantitative estimate of drug-likeness (QED) is 0.883. The normalized spacial score (nSPS) is 23.2. The first-order chi connectivity index (χ1) is 9.02. The molecule has 1 aromatic carbocycles. The highest BCUT2D eigenvalue weighted by molar-refractivity contribution is 5.97. The van der Waals surface area contributed by atoms with Crippen molar-refractivity contribution in [1.29, 1.82) is 0 Å². The van der Waals surface area contributed by atoms with Crippen LogP contribution in [0, 0.1) is 0 Å². The van der Waals surface area contributed by atoms with Crippen LogP contribution in [0.4, 0.5) is 0 Å². The van der Waals surface area contributed by atoms with Crippen LogP contribution in [-0.2, 0) is 4.74 Å². The maximum Gasteiger partial charge on any atom is 0.257 e. The van der Waals surface area contributed by atoms with E-state index in [-0.39, 0.29) is 29.4 Å². The van der Waals surface area contributed by atoms with E-state index in [0.29, 0.717) is 18.8 Å². The number of phenols is 1. The molecule has 1 amide bonds. The van der Waals surface area contributed by atoms with Crippen LogP contribution in [0.1, 0.15) is 24.2 Å². The predicted octanol–water partition coefficient (Wildman–Crippen LogP) is 1.65. The summed E-state index contributed by atoms with van der Waals surface area (Å²) in [6, 6.07) is 4.92. The van der Waals surface area contributed by atoms with Gasteiger partial charge in [-0.05, 0) is 26.0 Å². The van der Waals surface area contributed by atoms with E-state index in [1.807, 2.05) is 13.8 Å². The van der Waals surface area contributed by atoms with Gasteiger partial charge in [0.05, 0.1) is 24.9 Å². The Bertz CT molecular complexity index is 465. The maximum atomic E-state index is 12.4.